The van der Waals surface area contributed by atoms with Crippen molar-refractivity contribution < 1.29 is 31.3 Å². The van der Waals surface area contributed by atoms with Crippen LogP contribution in [0.1, 0.15) is 12.8 Å². The topological polar surface area (TPSA) is 124 Å². The smallest absolute Gasteiger partial charge is 0.369 e. The Labute approximate surface area is 140 Å². The molecule has 1 amide bonds. The fourth-order valence-corrected chi connectivity index (χ4v) is 3.43. The number of piperidine rings is 1. The maximum absolute atomic E-state index is 12.6. The van der Waals surface area contributed by atoms with Crippen LogP contribution in [0.15, 0.2) is 23.1 Å². The Bertz CT molecular complexity index is 810. The van der Waals surface area contributed by atoms with Gasteiger partial charge in [-0.05, 0) is 25.0 Å². The summed E-state index contributed by atoms with van der Waals surface area (Å²) < 4.78 is 60.8. The van der Waals surface area contributed by atoms with Crippen molar-refractivity contribution in [3.8, 4) is 0 Å². The quantitative estimate of drug-likeness (QED) is 0.624. The molecule has 12 heteroatoms. The summed E-state index contributed by atoms with van der Waals surface area (Å²) in [6.07, 6.45) is 1.01. The van der Waals surface area contributed by atoms with Crippen LogP contribution in [0.4, 0.5) is 24.5 Å². The van der Waals surface area contributed by atoms with Gasteiger partial charge in [-0.15, -0.1) is 0 Å². The van der Waals surface area contributed by atoms with Gasteiger partial charge in [0, 0.05) is 19.2 Å². The lowest BCUT2D eigenvalue weighted by Gasteiger charge is -2.32. The molecule has 8 nitrogen and oxygen atoms in total. The Morgan fingerprint density at radius 3 is 2.52 bits per heavy atom. The number of amides is 1. The van der Waals surface area contributed by atoms with Crippen molar-refractivity contribution in [1.29, 1.82) is 0 Å². The molecule has 0 aromatic heterocycles. The molecule has 1 fully saturated rings. The number of alkyl halides is 3. The van der Waals surface area contributed by atoms with Gasteiger partial charge in [0.2, 0.25) is 5.91 Å². The van der Waals surface area contributed by atoms with E-state index in [0.29, 0.717) is 31.5 Å². The molecule has 1 aliphatic rings. The highest BCUT2D eigenvalue weighted by Crippen LogP contribution is 2.37. The van der Waals surface area contributed by atoms with Crippen molar-refractivity contribution in [2.45, 2.75) is 23.2 Å². The molecule has 1 atom stereocenters. The highest BCUT2D eigenvalue weighted by atomic mass is 32.2. The zero-order valence-corrected chi connectivity index (χ0v) is 13.5. The average Bonchev–Trinajstić information content (AvgIpc) is 2.53. The van der Waals surface area contributed by atoms with Gasteiger partial charge in [-0.1, -0.05) is 0 Å². The second-order valence-corrected chi connectivity index (χ2v) is 7.49. The molecule has 1 unspecified atom stereocenters. The van der Waals surface area contributed by atoms with Gasteiger partial charge in [0.05, 0.1) is 15.7 Å². The summed E-state index contributed by atoms with van der Waals surface area (Å²) in [6, 6.07) is 1.99. The van der Waals surface area contributed by atoms with Crippen LogP contribution in [-0.4, -0.2) is 37.8 Å². The van der Waals surface area contributed by atoms with Gasteiger partial charge in [-0.25, -0.2) is 8.42 Å². The van der Waals surface area contributed by atoms with Crippen LogP contribution in [0.5, 0.6) is 0 Å². The van der Waals surface area contributed by atoms with Gasteiger partial charge >= 0.3 is 5.51 Å². The van der Waals surface area contributed by atoms with Crippen LogP contribution in [-0.2, 0) is 14.6 Å². The van der Waals surface area contributed by atoms with E-state index in [4.69, 9.17) is 5.73 Å². The first-order valence-electron chi connectivity index (χ1n) is 7.09. The van der Waals surface area contributed by atoms with Crippen molar-refractivity contribution in [1.82, 2.24) is 0 Å². The number of carbonyl (C=O) groups excluding carboxylic acids is 1. The third-order valence-electron chi connectivity index (χ3n) is 3.92. The Morgan fingerprint density at radius 2 is 2.00 bits per heavy atom. The van der Waals surface area contributed by atoms with Crippen molar-refractivity contribution in [3.05, 3.63) is 28.3 Å². The Hall–Kier alpha value is -2.37. The number of nitrogens with zero attached hydrogens (tertiary/aromatic N) is 2. The van der Waals surface area contributed by atoms with Crippen LogP contribution >= 0.6 is 0 Å². The van der Waals surface area contributed by atoms with E-state index in [-0.39, 0.29) is 12.2 Å². The summed E-state index contributed by atoms with van der Waals surface area (Å²) in [4.78, 5) is 21.8. The number of benzene rings is 1. The third-order valence-corrected chi connectivity index (χ3v) is 5.41. The normalized spacial score (nSPS) is 18.8. The maximum Gasteiger partial charge on any atom is 0.501 e. The number of nitro groups is 1. The molecule has 1 aromatic rings. The lowest BCUT2D eigenvalue weighted by Crippen LogP contribution is -2.41. The van der Waals surface area contributed by atoms with Gasteiger partial charge in [-0.3, -0.25) is 14.9 Å². The predicted octanol–water partition coefficient (Wildman–Crippen LogP) is 1.59. The highest BCUT2D eigenvalue weighted by molar-refractivity contribution is 7.92. The van der Waals surface area contributed by atoms with Crippen molar-refractivity contribution in [3.63, 3.8) is 0 Å². The first-order valence-corrected chi connectivity index (χ1v) is 8.57. The van der Waals surface area contributed by atoms with E-state index in [9.17, 15) is 36.5 Å². The van der Waals surface area contributed by atoms with Gasteiger partial charge < -0.3 is 10.6 Å². The monoisotopic (exact) mass is 381 g/mol. The molecule has 138 valence electrons. The zero-order valence-electron chi connectivity index (χ0n) is 12.7. The highest BCUT2D eigenvalue weighted by Gasteiger charge is 2.47. The molecule has 0 aliphatic carbocycles. The van der Waals surface area contributed by atoms with Crippen molar-refractivity contribution in [2.75, 3.05) is 18.0 Å². The van der Waals surface area contributed by atoms with E-state index in [1.165, 1.54) is 4.90 Å². The van der Waals surface area contributed by atoms with E-state index in [1.54, 1.807) is 0 Å². The molecule has 0 bridgehead atoms. The van der Waals surface area contributed by atoms with Crippen molar-refractivity contribution >= 4 is 27.1 Å². The molecule has 1 aliphatic heterocycles. The van der Waals surface area contributed by atoms with E-state index < -0.39 is 42.7 Å². The minimum absolute atomic E-state index is 0.0583. The second kappa shape index (κ2) is 6.50. The fourth-order valence-electron chi connectivity index (χ4n) is 2.65. The summed E-state index contributed by atoms with van der Waals surface area (Å²) in [6.45, 7) is 0.400. The largest absolute Gasteiger partial charge is 0.501 e. The van der Waals surface area contributed by atoms with Gasteiger partial charge in [-0.2, -0.15) is 13.2 Å². The van der Waals surface area contributed by atoms with E-state index >= 15 is 0 Å². The number of hydrogen-bond donors (Lipinski definition) is 1. The third kappa shape index (κ3) is 3.67. The van der Waals surface area contributed by atoms with E-state index in [2.05, 4.69) is 0 Å². The van der Waals surface area contributed by atoms with Gasteiger partial charge in [0.15, 0.2) is 0 Å². The summed E-state index contributed by atoms with van der Waals surface area (Å²) >= 11 is 0. The SMILES string of the molecule is NC(=O)C1CCCN(c2ccc(S(=O)(=O)C(F)(F)F)cc2[N+](=O)[O-])C1. The van der Waals surface area contributed by atoms with Crippen LogP contribution in [0.25, 0.3) is 0 Å². The number of anilines is 1. The minimum atomic E-state index is -5.70. The number of halogens is 3. The molecule has 1 heterocycles. The average molecular weight is 381 g/mol. The molecule has 0 radical (unpaired) electrons. The number of rotatable bonds is 4. The molecule has 2 rings (SSSR count). The molecule has 0 spiro atoms. The van der Waals surface area contributed by atoms with Crippen LogP contribution < -0.4 is 10.6 Å². The van der Waals surface area contributed by atoms with Gasteiger partial charge in [0.1, 0.15) is 5.69 Å². The van der Waals surface area contributed by atoms with E-state index in [0.717, 1.165) is 6.07 Å². The molecule has 25 heavy (non-hydrogen) atoms. The first-order chi connectivity index (χ1) is 11.4. The molecular weight excluding hydrogens is 367 g/mol. The maximum atomic E-state index is 12.6. The lowest BCUT2D eigenvalue weighted by molar-refractivity contribution is -0.384. The Balaban J connectivity index is 2.48. The first kappa shape index (κ1) is 19.0. The summed E-state index contributed by atoms with van der Waals surface area (Å²) in [7, 11) is -5.70. The van der Waals surface area contributed by atoms with Crippen LogP contribution in [0, 0.1) is 16.0 Å². The standard InChI is InChI=1S/C13H14F3N3O5S/c14-13(15,16)25(23,24)9-3-4-10(11(6-9)19(21)22)18-5-1-2-8(7-18)12(17)20/h3-4,6,8H,1-2,5,7H2,(H2,17,20). The lowest BCUT2D eigenvalue weighted by atomic mass is 9.97. The summed E-state index contributed by atoms with van der Waals surface area (Å²) in [5.74, 6) is -1.13. The van der Waals surface area contributed by atoms with E-state index in [1.807, 2.05) is 0 Å². The van der Waals surface area contributed by atoms with Gasteiger partial charge in [0.25, 0.3) is 15.5 Å². The number of carbonyl (C=O) groups is 1. The van der Waals surface area contributed by atoms with Crippen molar-refractivity contribution in [2.24, 2.45) is 11.7 Å². The number of sulfone groups is 1. The summed E-state index contributed by atoms with van der Waals surface area (Å²) in [5.41, 5.74) is -1.17. The fraction of sp³-hybridized carbons (Fsp3) is 0.462. The Kier molecular flexibility index (Phi) is 4.93. The molecular formula is C13H14F3N3O5S. The predicted molar refractivity (Wildman–Crippen MR) is 80.5 cm³/mol. The zero-order chi connectivity index (χ0) is 19.0. The minimum Gasteiger partial charge on any atom is -0.369 e. The number of primary amides is 1. The van der Waals surface area contributed by atoms with Crippen LogP contribution in [0.2, 0.25) is 0 Å². The second-order valence-electron chi connectivity index (χ2n) is 5.54. The molecule has 1 saturated heterocycles. The molecule has 1 aromatic carbocycles. The summed E-state index contributed by atoms with van der Waals surface area (Å²) in [5, 5.41) is 11.2. The van der Waals surface area contributed by atoms with Crippen LogP contribution in [0.3, 0.4) is 0 Å². The molecule has 0 saturated carbocycles. The number of nitrogens with two attached hydrogens (primary N) is 1. The number of hydrogen-bond acceptors (Lipinski definition) is 6. The number of nitro benzene ring substituents is 1. The Morgan fingerprint density at radius 1 is 1.36 bits per heavy atom. The molecule has 2 N–H and O–H groups in total.